The largest absolute Gasteiger partial charge is 0.497 e. The molecule has 34 heavy (non-hydrogen) atoms. The Kier molecular flexibility index (Phi) is 8.46. The third-order valence-corrected chi connectivity index (χ3v) is 5.43. The lowest BCUT2D eigenvalue weighted by molar-refractivity contribution is -0.149. The number of pyridine rings is 1. The second kappa shape index (κ2) is 11.5. The van der Waals surface area contributed by atoms with Gasteiger partial charge in [-0.1, -0.05) is 19.1 Å². The average molecular weight is 466 g/mol. The number of ketones is 1. The maximum absolute atomic E-state index is 12.1. The number of nitrogens with zero attached hydrogens (tertiary/aromatic N) is 1. The van der Waals surface area contributed by atoms with Crippen molar-refractivity contribution in [3.8, 4) is 17.2 Å². The van der Waals surface area contributed by atoms with Crippen LogP contribution in [0.2, 0.25) is 0 Å². The maximum Gasteiger partial charge on any atom is 0.316 e. The minimum absolute atomic E-state index is 0.0246. The molecule has 0 fully saturated rings. The molecule has 0 aliphatic heterocycles. The number of rotatable bonds is 11. The first-order chi connectivity index (χ1) is 16.4. The number of benzene rings is 2. The molecule has 1 aromatic heterocycles. The maximum atomic E-state index is 12.1. The average Bonchev–Trinajstić information content (AvgIpc) is 2.86. The molecule has 1 unspecified atom stereocenters. The van der Waals surface area contributed by atoms with Crippen molar-refractivity contribution in [3.05, 3.63) is 59.8 Å². The van der Waals surface area contributed by atoms with Crippen LogP contribution in [0, 0.1) is 5.92 Å². The van der Waals surface area contributed by atoms with Crippen LogP contribution in [-0.2, 0) is 27.4 Å². The summed E-state index contributed by atoms with van der Waals surface area (Å²) in [5, 5.41) is 0.860. The zero-order valence-electron chi connectivity index (χ0n) is 20.3. The normalized spacial score (nSPS) is 11.8. The van der Waals surface area contributed by atoms with Gasteiger partial charge in [0.1, 0.15) is 35.6 Å². The second-order valence-corrected chi connectivity index (χ2v) is 8.19. The highest BCUT2D eigenvalue weighted by Gasteiger charge is 2.26. The molecule has 1 heterocycles. The molecular formula is C27H31NO6. The van der Waals surface area contributed by atoms with Gasteiger partial charge < -0.3 is 18.9 Å². The minimum atomic E-state index is -0.793. The fourth-order valence-electron chi connectivity index (χ4n) is 3.63. The van der Waals surface area contributed by atoms with E-state index in [2.05, 4.69) is 4.98 Å². The molecule has 180 valence electrons. The number of hydrogen-bond donors (Lipinski definition) is 0. The Morgan fingerprint density at radius 3 is 2.32 bits per heavy atom. The zero-order valence-corrected chi connectivity index (χ0v) is 20.3. The van der Waals surface area contributed by atoms with Crippen LogP contribution in [0.4, 0.5) is 0 Å². The van der Waals surface area contributed by atoms with Crippen LogP contribution in [0.15, 0.2) is 48.7 Å². The number of carbonyl (C=O) groups excluding carboxylic acids is 2. The highest BCUT2D eigenvalue weighted by atomic mass is 16.5. The standard InChI is InChI=1S/C27H31NO6/c1-6-25(29)23(27(30)32-5)13-18-7-9-20(10-8-18)33-16-19-15-28-24-12-11-21(31-4)14-22(24)26(19)34-17(2)3/h7-12,14-15,17,23H,6,13,16H2,1-5H3. The first-order valence-corrected chi connectivity index (χ1v) is 11.3. The summed E-state index contributed by atoms with van der Waals surface area (Å²) in [6.45, 7) is 5.95. The van der Waals surface area contributed by atoms with Crippen molar-refractivity contribution in [2.75, 3.05) is 14.2 Å². The zero-order chi connectivity index (χ0) is 24.7. The lowest BCUT2D eigenvalue weighted by Gasteiger charge is -2.17. The summed E-state index contributed by atoms with van der Waals surface area (Å²) in [7, 11) is 2.92. The number of hydrogen-bond acceptors (Lipinski definition) is 7. The number of ether oxygens (including phenoxy) is 4. The summed E-state index contributed by atoms with van der Waals surface area (Å²) in [5.74, 6) is 0.660. The van der Waals surface area contributed by atoms with E-state index in [1.165, 1.54) is 7.11 Å². The third-order valence-electron chi connectivity index (χ3n) is 5.43. The quantitative estimate of drug-likeness (QED) is 0.294. The third kappa shape index (κ3) is 6.04. The Morgan fingerprint density at radius 1 is 1.00 bits per heavy atom. The molecule has 1 atom stereocenters. The van der Waals surface area contributed by atoms with Gasteiger partial charge in [-0.15, -0.1) is 0 Å². The van der Waals surface area contributed by atoms with Crippen molar-refractivity contribution in [2.24, 2.45) is 5.92 Å². The number of carbonyl (C=O) groups is 2. The summed E-state index contributed by atoms with van der Waals surface area (Å²) in [4.78, 5) is 28.7. The number of esters is 1. The Balaban J connectivity index is 1.77. The minimum Gasteiger partial charge on any atom is -0.497 e. The summed E-state index contributed by atoms with van der Waals surface area (Å²) in [6, 6.07) is 13.0. The van der Waals surface area contributed by atoms with E-state index in [0.29, 0.717) is 12.2 Å². The Morgan fingerprint density at radius 2 is 1.71 bits per heavy atom. The van der Waals surface area contributed by atoms with Gasteiger partial charge in [-0.05, 0) is 56.2 Å². The van der Waals surface area contributed by atoms with Crippen LogP contribution in [-0.4, -0.2) is 37.1 Å². The van der Waals surface area contributed by atoms with Crippen molar-refractivity contribution in [2.45, 2.75) is 46.3 Å². The van der Waals surface area contributed by atoms with E-state index in [1.807, 2.05) is 56.3 Å². The molecule has 3 aromatic rings. The molecule has 2 aromatic carbocycles. The molecule has 7 heteroatoms. The van der Waals surface area contributed by atoms with E-state index in [1.54, 1.807) is 20.2 Å². The van der Waals surface area contributed by atoms with Crippen LogP contribution >= 0.6 is 0 Å². The first kappa shape index (κ1) is 25.0. The Hall–Kier alpha value is -3.61. The molecule has 0 aliphatic rings. The van der Waals surface area contributed by atoms with Gasteiger partial charge >= 0.3 is 5.97 Å². The van der Waals surface area contributed by atoms with Gasteiger partial charge in [0.15, 0.2) is 0 Å². The fourth-order valence-corrected chi connectivity index (χ4v) is 3.63. The smallest absolute Gasteiger partial charge is 0.316 e. The molecule has 0 N–H and O–H groups in total. The fraction of sp³-hybridized carbons (Fsp3) is 0.370. The van der Waals surface area contributed by atoms with Crippen LogP contribution < -0.4 is 14.2 Å². The van der Waals surface area contributed by atoms with E-state index in [-0.39, 0.29) is 24.9 Å². The van der Waals surface area contributed by atoms with Gasteiger partial charge in [-0.25, -0.2) is 0 Å². The molecule has 0 aliphatic carbocycles. The molecule has 3 rings (SSSR count). The van der Waals surface area contributed by atoms with Crippen LogP contribution in [0.1, 0.15) is 38.3 Å². The van der Waals surface area contributed by atoms with Crippen LogP contribution in [0.25, 0.3) is 10.9 Å². The van der Waals surface area contributed by atoms with Crippen LogP contribution in [0.3, 0.4) is 0 Å². The Labute approximate surface area is 200 Å². The van der Waals surface area contributed by atoms with Crippen molar-refractivity contribution in [3.63, 3.8) is 0 Å². The first-order valence-electron chi connectivity index (χ1n) is 11.3. The molecular weight excluding hydrogens is 434 g/mol. The van der Waals surface area contributed by atoms with Crippen LogP contribution in [0.5, 0.6) is 17.2 Å². The Bertz CT molecular complexity index is 1120. The van der Waals surface area contributed by atoms with Crippen molar-refractivity contribution in [1.82, 2.24) is 4.98 Å². The molecule has 7 nitrogen and oxygen atoms in total. The summed E-state index contributed by atoms with van der Waals surface area (Å²) >= 11 is 0. The number of aromatic nitrogens is 1. The summed E-state index contributed by atoms with van der Waals surface area (Å²) < 4.78 is 22.3. The highest BCUT2D eigenvalue weighted by molar-refractivity contribution is 5.99. The van der Waals surface area contributed by atoms with Gasteiger partial charge in [0, 0.05) is 18.0 Å². The van der Waals surface area contributed by atoms with Gasteiger partial charge in [-0.3, -0.25) is 14.6 Å². The van der Waals surface area contributed by atoms with Gasteiger partial charge in [0.25, 0.3) is 0 Å². The van der Waals surface area contributed by atoms with Crippen molar-refractivity contribution in [1.29, 1.82) is 0 Å². The number of fused-ring (bicyclic) bond motifs is 1. The van der Waals surface area contributed by atoms with E-state index in [4.69, 9.17) is 18.9 Å². The topological polar surface area (TPSA) is 84.0 Å². The molecule has 0 bridgehead atoms. The SMILES string of the molecule is CCC(=O)C(Cc1ccc(OCc2cnc3ccc(OC)cc3c2OC(C)C)cc1)C(=O)OC. The van der Waals surface area contributed by atoms with E-state index in [9.17, 15) is 9.59 Å². The molecule has 0 radical (unpaired) electrons. The van der Waals surface area contributed by atoms with E-state index < -0.39 is 11.9 Å². The predicted octanol–water partition coefficient (Wildman–Crippen LogP) is 4.92. The number of Topliss-reactive ketones (excluding diaryl/α,β-unsaturated/α-hetero) is 1. The van der Waals surface area contributed by atoms with E-state index >= 15 is 0 Å². The van der Waals surface area contributed by atoms with Crippen molar-refractivity contribution >= 4 is 22.7 Å². The second-order valence-electron chi connectivity index (χ2n) is 8.19. The molecule has 0 saturated carbocycles. The molecule has 0 spiro atoms. The number of methoxy groups -OCH3 is 2. The highest BCUT2D eigenvalue weighted by Crippen LogP contribution is 2.33. The monoisotopic (exact) mass is 465 g/mol. The lowest BCUT2D eigenvalue weighted by Crippen LogP contribution is -2.26. The van der Waals surface area contributed by atoms with Crippen molar-refractivity contribution < 1.29 is 28.5 Å². The predicted molar refractivity (Wildman–Crippen MR) is 129 cm³/mol. The van der Waals surface area contributed by atoms with Gasteiger partial charge in [0.2, 0.25) is 0 Å². The van der Waals surface area contributed by atoms with Gasteiger partial charge in [-0.2, -0.15) is 0 Å². The summed E-state index contributed by atoms with van der Waals surface area (Å²) in [5.41, 5.74) is 2.48. The molecule has 0 saturated heterocycles. The van der Waals surface area contributed by atoms with E-state index in [0.717, 1.165) is 33.5 Å². The summed E-state index contributed by atoms with van der Waals surface area (Å²) in [6.07, 6.45) is 2.32. The molecule has 0 amide bonds. The lowest BCUT2D eigenvalue weighted by atomic mass is 9.94. The van der Waals surface area contributed by atoms with Gasteiger partial charge in [0.05, 0.1) is 31.4 Å².